The van der Waals surface area contributed by atoms with E-state index in [2.05, 4.69) is 10.2 Å². The first-order valence-electron chi connectivity index (χ1n) is 6.96. The molecule has 2 aromatic carbocycles. The Kier molecular flexibility index (Phi) is 7.42. The summed E-state index contributed by atoms with van der Waals surface area (Å²) in [6.07, 6.45) is 0. The molecular formula is C15H17N4NaO5S. The van der Waals surface area contributed by atoms with E-state index in [4.69, 9.17) is 20.9 Å². The molecule has 2 aromatic rings. The molecule has 0 radical (unpaired) electrons. The van der Waals surface area contributed by atoms with Crippen LogP contribution in [-0.4, -0.2) is 27.2 Å². The first kappa shape index (κ1) is 22.2. The van der Waals surface area contributed by atoms with E-state index in [0.717, 1.165) is 17.7 Å². The zero-order valence-electron chi connectivity index (χ0n) is 14.8. The van der Waals surface area contributed by atoms with Gasteiger partial charge in [-0.1, -0.05) is 0 Å². The van der Waals surface area contributed by atoms with Crippen molar-refractivity contribution in [2.24, 2.45) is 10.2 Å². The first-order valence-corrected chi connectivity index (χ1v) is 8.37. The van der Waals surface area contributed by atoms with E-state index in [-0.39, 0.29) is 46.6 Å². The van der Waals surface area contributed by atoms with Crippen molar-refractivity contribution in [1.29, 1.82) is 0 Å². The largest absolute Gasteiger partial charge is 1.00 e. The predicted octanol–water partition coefficient (Wildman–Crippen LogP) is -0.500. The molecule has 0 bridgehead atoms. The van der Waals surface area contributed by atoms with Gasteiger partial charge in [-0.2, -0.15) is 0 Å². The summed E-state index contributed by atoms with van der Waals surface area (Å²) in [6.45, 7) is 1.84. The van der Waals surface area contributed by atoms with Gasteiger partial charge in [-0.05, 0) is 30.7 Å². The van der Waals surface area contributed by atoms with Crippen LogP contribution in [0.5, 0.6) is 11.5 Å². The number of methoxy groups -OCH3 is 2. The van der Waals surface area contributed by atoms with Crippen LogP contribution in [0, 0.1) is 6.92 Å². The van der Waals surface area contributed by atoms with Gasteiger partial charge in [-0.15, -0.1) is 10.2 Å². The van der Waals surface area contributed by atoms with Gasteiger partial charge in [0.15, 0.2) is 0 Å². The average molecular weight is 388 g/mol. The zero-order valence-corrected chi connectivity index (χ0v) is 17.6. The van der Waals surface area contributed by atoms with Crippen LogP contribution >= 0.6 is 0 Å². The van der Waals surface area contributed by atoms with Crippen molar-refractivity contribution in [2.75, 3.05) is 25.7 Å². The van der Waals surface area contributed by atoms with Crippen LogP contribution in [0.15, 0.2) is 39.4 Å². The standard InChI is InChI=1S/C15H18N4O5S.Na/c1-8-4-14(24-3)12(6-13(8)23-2)19-18-11-7-15(25(20,21)22)10(17)5-9(11)16;/h4-7H,16-17H2,1-3H3,(H,20,21,22);/q;+1/p-1. The van der Waals surface area contributed by atoms with Crippen LogP contribution in [0.4, 0.5) is 22.7 Å². The Morgan fingerprint density at radius 1 is 0.923 bits per heavy atom. The SMILES string of the molecule is COc1cc(N=Nc2cc(S(=O)(=O)[O-])c(N)cc2N)c(OC)cc1C.[Na+]. The third-order valence-corrected chi connectivity index (χ3v) is 4.28. The van der Waals surface area contributed by atoms with Gasteiger partial charge < -0.3 is 25.5 Å². The second kappa shape index (κ2) is 8.69. The fraction of sp³-hybridized carbons (Fsp3) is 0.200. The van der Waals surface area contributed by atoms with Crippen molar-refractivity contribution >= 4 is 32.9 Å². The molecule has 0 aliphatic rings. The molecule has 134 valence electrons. The van der Waals surface area contributed by atoms with E-state index in [1.165, 1.54) is 14.2 Å². The third-order valence-electron chi connectivity index (χ3n) is 3.39. The number of nitrogens with two attached hydrogens (primary N) is 2. The summed E-state index contributed by atoms with van der Waals surface area (Å²) >= 11 is 0. The first-order chi connectivity index (χ1) is 11.7. The van der Waals surface area contributed by atoms with Crippen molar-refractivity contribution in [3.63, 3.8) is 0 Å². The van der Waals surface area contributed by atoms with Crippen molar-refractivity contribution in [3.05, 3.63) is 29.8 Å². The van der Waals surface area contributed by atoms with Crippen molar-refractivity contribution in [2.45, 2.75) is 11.8 Å². The Labute approximate surface area is 173 Å². The quantitative estimate of drug-likeness (QED) is 0.303. The molecule has 0 aliphatic heterocycles. The van der Waals surface area contributed by atoms with Crippen LogP contribution in [-0.2, 0) is 10.1 Å². The minimum atomic E-state index is -4.76. The normalized spacial score (nSPS) is 11.2. The molecule has 2 rings (SSSR count). The molecule has 0 aliphatic carbocycles. The monoisotopic (exact) mass is 388 g/mol. The van der Waals surface area contributed by atoms with Crippen LogP contribution in [0.3, 0.4) is 0 Å². The summed E-state index contributed by atoms with van der Waals surface area (Å²) in [5.41, 5.74) is 12.3. The molecular weight excluding hydrogens is 371 g/mol. The number of aryl methyl sites for hydroxylation is 1. The van der Waals surface area contributed by atoms with Gasteiger partial charge in [0, 0.05) is 6.07 Å². The molecule has 0 fully saturated rings. The van der Waals surface area contributed by atoms with Crippen LogP contribution in [0.2, 0.25) is 0 Å². The maximum atomic E-state index is 11.2. The molecule has 0 aromatic heterocycles. The average Bonchev–Trinajstić information content (AvgIpc) is 2.53. The molecule has 0 saturated heterocycles. The summed E-state index contributed by atoms with van der Waals surface area (Å²) in [5, 5.41) is 7.92. The van der Waals surface area contributed by atoms with E-state index < -0.39 is 15.0 Å². The number of rotatable bonds is 5. The van der Waals surface area contributed by atoms with Gasteiger partial charge >= 0.3 is 29.6 Å². The number of hydrogen-bond acceptors (Lipinski definition) is 9. The van der Waals surface area contributed by atoms with Crippen LogP contribution < -0.4 is 50.5 Å². The molecule has 0 spiro atoms. The second-order valence-corrected chi connectivity index (χ2v) is 6.44. The summed E-state index contributed by atoms with van der Waals surface area (Å²) in [6, 6.07) is 5.45. The molecule has 26 heavy (non-hydrogen) atoms. The second-order valence-electron chi connectivity index (χ2n) is 5.10. The van der Waals surface area contributed by atoms with Crippen molar-refractivity contribution in [3.8, 4) is 11.5 Å². The van der Waals surface area contributed by atoms with Crippen molar-refractivity contribution in [1.82, 2.24) is 0 Å². The fourth-order valence-corrected chi connectivity index (χ4v) is 2.73. The number of benzene rings is 2. The Morgan fingerprint density at radius 3 is 2.04 bits per heavy atom. The summed E-state index contributed by atoms with van der Waals surface area (Å²) < 4.78 is 44.1. The van der Waals surface area contributed by atoms with Gasteiger partial charge in [-0.3, -0.25) is 0 Å². The molecule has 0 heterocycles. The molecule has 11 heteroatoms. The molecule has 0 unspecified atom stereocenters. The van der Waals surface area contributed by atoms with Gasteiger partial charge in [-0.25, -0.2) is 8.42 Å². The molecule has 0 atom stereocenters. The Bertz CT molecular complexity index is 948. The molecule has 0 saturated carbocycles. The van der Waals surface area contributed by atoms with E-state index in [1.807, 2.05) is 6.92 Å². The predicted molar refractivity (Wildman–Crippen MR) is 91.7 cm³/mol. The zero-order chi connectivity index (χ0) is 18.8. The van der Waals surface area contributed by atoms with E-state index >= 15 is 0 Å². The van der Waals surface area contributed by atoms with Crippen LogP contribution in [0.25, 0.3) is 0 Å². The number of azo groups is 1. The Balaban J connectivity index is 0.00000338. The van der Waals surface area contributed by atoms with Crippen molar-refractivity contribution < 1.29 is 52.0 Å². The Morgan fingerprint density at radius 2 is 1.50 bits per heavy atom. The fourth-order valence-electron chi connectivity index (χ4n) is 2.13. The molecule has 9 nitrogen and oxygen atoms in total. The Hall–Kier alpha value is -1.85. The summed E-state index contributed by atoms with van der Waals surface area (Å²) in [5.74, 6) is 1.01. The topological polar surface area (TPSA) is 152 Å². The van der Waals surface area contributed by atoms with Crippen LogP contribution in [0.1, 0.15) is 5.56 Å². The van der Waals surface area contributed by atoms with E-state index in [9.17, 15) is 13.0 Å². The number of nitrogen functional groups attached to an aromatic ring is 2. The maximum absolute atomic E-state index is 11.2. The van der Waals surface area contributed by atoms with Gasteiger partial charge in [0.2, 0.25) is 0 Å². The summed E-state index contributed by atoms with van der Waals surface area (Å²) in [7, 11) is -1.78. The third kappa shape index (κ3) is 4.86. The van der Waals surface area contributed by atoms with Gasteiger partial charge in [0.05, 0.1) is 30.5 Å². The van der Waals surface area contributed by atoms with E-state index in [1.54, 1.807) is 12.1 Å². The number of ether oxygens (including phenoxy) is 2. The number of anilines is 2. The number of nitrogens with zero attached hydrogens (tertiary/aromatic N) is 2. The maximum Gasteiger partial charge on any atom is 1.00 e. The molecule has 0 amide bonds. The minimum absolute atomic E-state index is 0. The van der Waals surface area contributed by atoms with Gasteiger partial charge in [0.25, 0.3) is 0 Å². The molecule has 4 N–H and O–H groups in total. The van der Waals surface area contributed by atoms with Gasteiger partial charge in [0.1, 0.15) is 33.0 Å². The minimum Gasteiger partial charge on any atom is -0.744 e. The van der Waals surface area contributed by atoms with E-state index in [0.29, 0.717) is 17.2 Å². The summed E-state index contributed by atoms with van der Waals surface area (Å²) in [4.78, 5) is -0.607. The number of hydrogen-bond donors (Lipinski definition) is 2. The smallest absolute Gasteiger partial charge is 0.744 e.